The Balaban J connectivity index is 1.65. The lowest BCUT2D eigenvalue weighted by Gasteiger charge is -2.00. The largest absolute Gasteiger partial charge is 0.461 e. The van der Waals surface area contributed by atoms with Crippen LogP contribution in [-0.2, 0) is 11.2 Å². The van der Waals surface area contributed by atoms with Crippen molar-refractivity contribution >= 4 is 11.7 Å². The van der Waals surface area contributed by atoms with Crippen molar-refractivity contribution in [3.8, 4) is 11.5 Å². The SMILES string of the molecule is O=C(Cc1ccncc1)Nc1cc(-c2ccco2)on1. The molecule has 0 unspecified atom stereocenters. The van der Waals surface area contributed by atoms with E-state index in [1.807, 2.05) is 0 Å². The van der Waals surface area contributed by atoms with Gasteiger partial charge in [-0.2, -0.15) is 0 Å². The minimum absolute atomic E-state index is 0.171. The molecular weight excluding hydrogens is 258 g/mol. The van der Waals surface area contributed by atoms with Crippen LogP contribution in [0.2, 0.25) is 0 Å². The molecule has 3 aromatic rings. The average molecular weight is 269 g/mol. The van der Waals surface area contributed by atoms with E-state index in [9.17, 15) is 4.79 Å². The predicted octanol–water partition coefficient (Wildman–Crippen LogP) is 2.51. The fourth-order valence-electron chi connectivity index (χ4n) is 1.74. The Bertz CT molecular complexity index is 690. The summed E-state index contributed by atoms with van der Waals surface area (Å²) in [5.74, 6) is 1.22. The smallest absolute Gasteiger partial charge is 0.230 e. The van der Waals surface area contributed by atoms with Crippen molar-refractivity contribution in [2.24, 2.45) is 0 Å². The van der Waals surface area contributed by atoms with E-state index >= 15 is 0 Å². The first kappa shape index (κ1) is 12.2. The van der Waals surface area contributed by atoms with E-state index in [-0.39, 0.29) is 12.3 Å². The standard InChI is InChI=1S/C14H11N3O3/c18-14(8-10-3-5-15-6-4-10)16-13-9-12(20-17-13)11-2-1-7-19-11/h1-7,9H,8H2,(H,16,17,18). The van der Waals surface area contributed by atoms with E-state index in [0.29, 0.717) is 17.3 Å². The Hall–Kier alpha value is -2.89. The minimum atomic E-state index is -0.171. The first-order valence-electron chi connectivity index (χ1n) is 6.00. The van der Waals surface area contributed by atoms with E-state index in [0.717, 1.165) is 5.56 Å². The Morgan fingerprint density at radius 1 is 1.20 bits per heavy atom. The molecule has 0 spiro atoms. The second-order valence-corrected chi connectivity index (χ2v) is 4.13. The van der Waals surface area contributed by atoms with Crippen molar-refractivity contribution in [3.05, 3.63) is 54.6 Å². The number of hydrogen-bond donors (Lipinski definition) is 1. The first-order chi connectivity index (χ1) is 9.81. The highest BCUT2D eigenvalue weighted by molar-refractivity contribution is 5.91. The van der Waals surface area contributed by atoms with E-state index < -0.39 is 0 Å². The third-order valence-electron chi connectivity index (χ3n) is 2.66. The number of amides is 1. The molecule has 0 atom stereocenters. The van der Waals surface area contributed by atoms with Gasteiger partial charge in [0.25, 0.3) is 0 Å². The predicted molar refractivity (Wildman–Crippen MR) is 70.8 cm³/mol. The molecule has 1 amide bonds. The number of anilines is 1. The third-order valence-corrected chi connectivity index (χ3v) is 2.66. The van der Waals surface area contributed by atoms with E-state index in [4.69, 9.17) is 8.94 Å². The zero-order valence-electron chi connectivity index (χ0n) is 10.4. The van der Waals surface area contributed by atoms with Crippen molar-refractivity contribution in [3.63, 3.8) is 0 Å². The molecule has 0 aliphatic heterocycles. The highest BCUT2D eigenvalue weighted by Crippen LogP contribution is 2.22. The number of carbonyl (C=O) groups is 1. The lowest BCUT2D eigenvalue weighted by atomic mass is 10.2. The number of pyridine rings is 1. The summed E-state index contributed by atoms with van der Waals surface area (Å²) in [5, 5.41) is 6.44. The average Bonchev–Trinajstić information content (AvgIpc) is 3.10. The molecule has 0 fully saturated rings. The molecule has 1 N–H and O–H groups in total. The molecule has 3 aromatic heterocycles. The summed E-state index contributed by atoms with van der Waals surface area (Å²) < 4.78 is 10.3. The van der Waals surface area contributed by atoms with Crippen LogP contribution in [0.4, 0.5) is 5.82 Å². The summed E-state index contributed by atoms with van der Waals surface area (Å²) in [6.07, 6.45) is 5.09. The highest BCUT2D eigenvalue weighted by atomic mass is 16.5. The second kappa shape index (κ2) is 5.40. The van der Waals surface area contributed by atoms with Gasteiger partial charge < -0.3 is 14.3 Å². The zero-order valence-corrected chi connectivity index (χ0v) is 10.4. The number of nitrogens with zero attached hydrogens (tertiary/aromatic N) is 2. The van der Waals surface area contributed by atoms with Gasteiger partial charge in [-0.25, -0.2) is 0 Å². The third kappa shape index (κ3) is 2.74. The molecule has 0 radical (unpaired) electrons. The highest BCUT2D eigenvalue weighted by Gasteiger charge is 2.11. The summed E-state index contributed by atoms with van der Waals surface area (Å²) in [7, 11) is 0. The fourth-order valence-corrected chi connectivity index (χ4v) is 1.74. The van der Waals surface area contributed by atoms with Crippen LogP contribution in [0.25, 0.3) is 11.5 Å². The van der Waals surface area contributed by atoms with Gasteiger partial charge in [0.2, 0.25) is 11.7 Å². The van der Waals surface area contributed by atoms with Crippen LogP contribution in [0, 0.1) is 0 Å². The van der Waals surface area contributed by atoms with Crippen LogP contribution in [0.15, 0.2) is 57.9 Å². The molecular formula is C14H11N3O3. The van der Waals surface area contributed by atoms with Gasteiger partial charge in [-0.1, -0.05) is 5.16 Å². The monoisotopic (exact) mass is 269 g/mol. The fraction of sp³-hybridized carbons (Fsp3) is 0.0714. The lowest BCUT2D eigenvalue weighted by molar-refractivity contribution is -0.115. The molecule has 0 saturated heterocycles. The molecule has 3 rings (SSSR count). The van der Waals surface area contributed by atoms with Gasteiger partial charge in [0.05, 0.1) is 12.7 Å². The van der Waals surface area contributed by atoms with Crippen molar-refractivity contribution in [2.75, 3.05) is 5.32 Å². The van der Waals surface area contributed by atoms with Crippen LogP contribution in [-0.4, -0.2) is 16.0 Å². The second-order valence-electron chi connectivity index (χ2n) is 4.13. The Kier molecular flexibility index (Phi) is 3.28. The summed E-state index contributed by atoms with van der Waals surface area (Å²) in [5.41, 5.74) is 0.882. The van der Waals surface area contributed by atoms with Crippen molar-refractivity contribution < 1.29 is 13.7 Å². The summed E-state index contributed by atoms with van der Waals surface area (Å²) in [6, 6.07) is 8.69. The Labute approximate surface area is 114 Å². The number of furan rings is 1. The number of aromatic nitrogens is 2. The van der Waals surface area contributed by atoms with Gasteiger partial charge >= 0.3 is 0 Å². The van der Waals surface area contributed by atoms with Crippen LogP contribution in [0.3, 0.4) is 0 Å². The van der Waals surface area contributed by atoms with Crippen LogP contribution < -0.4 is 5.32 Å². The van der Waals surface area contributed by atoms with Gasteiger partial charge in [-0.15, -0.1) is 0 Å². The summed E-state index contributed by atoms with van der Waals surface area (Å²) >= 11 is 0. The van der Waals surface area contributed by atoms with Crippen molar-refractivity contribution in [2.45, 2.75) is 6.42 Å². The molecule has 6 nitrogen and oxygen atoms in total. The minimum Gasteiger partial charge on any atom is -0.461 e. The Morgan fingerprint density at radius 3 is 2.80 bits per heavy atom. The maximum Gasteiger partial charge on any atom is 0.230 e. The van der Waals surface area contributed by atoms with Crippen LogP contribution >= 0.6 is 0 Å². The number of nitrogens with one attached hydrogen (secondary N) is 1. The molecule has 0 aliphatic carbocycles. The molecule has 0 aliphatic rings. The van der Waals surface area contributed by atoms with Gasteiger partial charge in [0, 0.05) is 18.5 Å². The Morgan fingerprint density at radius 2 is 2.05 bits per heavy atom. The van der Waals surface area contributed by atoms with Gasteiger partial charge in [0.15, 0.2) is 11.6 Å². The molecule has 3 heterocycles. The summed E-state index contributed by atoms with van der Waals surface area (Å²) in [4.78, 5) is 15.7. The van der Waals surface area contributed by atoms with E-state index in [1.54, 1.807) is 49.0 Å². The van der Waals surface area contributed by atoms with E-state index in [2.05, 4.69) is 15.5 Å². The van der Waals surface area contributed by atoms with Crippen molar-refractivity contribution in [1.82, 2.24) is 10.1 Å². The van der Waals surface area contributed by atoms with E-state index in [1.165, 1.54) is 0 Å². The van der Waals surface area contributed by atoms with Gasteiger partial charge in [0.1, 0.15) is 0 Å². The number of rotatable bonds is 4. The summed E-state index contributed by atoms with van der Waals surface area (Å²) in [6.45, 7) is 0. The normalized spacial score (nSPS) is 10.4. The maximum absolute atomic E-state index is 11.8. The lowest BCUT2D eigenvalue weighted by Crippen LogP contribution is -2.14. The quantitative estimate of drug-likeness (QED) is 0.787. The molecule has 100 valence electrons. The molecule has 0 bridgehead atoms. The zero-order chi connectivity index (χ0) is 13.8. The molecule has 0 aromatic carbocycles. The van der Waals surface area contributed by atoms with Crippen LogP contribution in [0.5, 0.6) is 0 Å². The molecule has 20 heavy (non-hydrogen) atoms. The number of carbonyl (C=O) groups excluding carboxylic acids is 1. The first-order valence-corrected chi connectivity index (χ1v) is 6.00. The molecule has 0 saturated carbocycles. The topological polar surface area (TPSA) is 81.2 Å². The van der Waals surface area contributed by atoms with Gasteiger partial charge in [-0.05, 0) is 29.8 Å². The number of hydrogen-bond acceptors (Lipinski definition) is 5. The maximum atomic E-state index is 11.8. The van der Waals surface area contributed by atoms with Gasteiger partial charge in [-0.3, -0.25) is 9.78 Å². The van der Waals surface area contributed by atoms with Crippen LogP contribution in [0.1, 0.15) is 5.56 Å². The van der Waals surface area contributed by atoms with Crippen molar-refractivity contribution in [1.29, 1.82) is 0 Å². The molecule has 6 heteroatoms.